The monoisotopic (exact) mass is 333 g/mol. The number of esters is 1. The highest BCUT2D eigenvalue weighted by Gasteiger charge is 2.16. The molecule has 1 N–H and O–H groups in total. The lowest BCUT2D eigenvalue weighted by Crippen LogP contribution is -2.37. The van der Waals surface area contributed by atoms with Gasteiger partial charge in [-0.25, -0.2) is 4.79 Å². The molecule has 1 aromatic carbocycles. The molecule has 0 atom stereocenters. The van der Waals surface area contributed by atoms with Crippen molar-refractivity contribution >= 4 is 11.9 Å². The molecule has 1 amide bonds. The Bertz CT molecular complexity index is 531. The molecular formula is C19H27NO4. The van der Waals surface area contributed by atoms with Gasteiger partial charge in [0.05, 0.1) is 11.7 Å². The molecular weight excluding hydrogens is 306 g/mol. The van der Waals surface area contributed by atoms with Crippen molar-refractivity contribution in [1.82, 2.24) is 5.32 Å². The van der Waals surface area contributed by atoms with E-state index in [1.165, 1.54) is 12.8 Å². The Morgan fingerprint density at radius 1 is 1.08 bits per heavy atom. The first-order chi connectivity index (χ1) is 11.5. The summed E-state index contributed by atoms with van der Waals surface area (Å²) in [4.78, 5) is 23.9. The predicted octanol–water partition coefficient (Wildman–Crippen LogP) is 3.47. The topological polar surface area (TPSA) is 64.6 Å². The average Bonchev–Trinajstić information content (AvgIpc) is 2.81. The molecule has 0 radical (unpaired) electrons. The zero-order chi connectivity index (χ0) is 17.4. The molecule has 0 spiro atoms. The molecule has 1 fully saturated rings. The molecule has 0 unspecified atom stereocenters. The first kappa shape index (κ1) is 18.3. The molecule has 1 saturated carbocycles. The molecule has 0 heterocycles. The molecule has 0 aromatic heterocycles. The summed E-state index contributed by atoms with van der Waals surface area (Å²) < 4.78 is 10.6. The summed E-state index contributed by atoms with van der Waals surface area (Å²) in [6.45, 7) is 3.64. The number of hydrogen-bond acceptors (Lipinski definition) is 4. The average molecular weight is 333 g/mol. The van der Waals surface area contributed by atoms with E-state index in [0.717, 1.165) is 25.7 Å². The van der Waals surface area contributed by atoms with Crippen molar-refractivity contribution in [3.05, 3.63) is 29.8 Å². The molecule has 1 aromatic rings. The lowest BCUT2D eigenvalue weighted by molar-refractivity contribution is -0.125. The van der Waals surface area contributed by atoms with Crippen LogP contribution in [0, 0.1) is 0 Å². The van der Waals surface area contributed by atoms with Crippen LogP contribution in [0.1, 0.15) is 62.7 Å². The standard InChI is InChI=1S/C19H27NO4/c1-14(2)24-17-11-9-15(10-12-17)19(22)23-13-18(21)20-16-7-5-3-4-6-8-16/h9-12,14,16H,3-8,13H2,1-2H3,(H,20,21). The van der Waals surface area contributed by atoms with Crippen LogP contribution in [-0.4, -0.2) is 30.6 Å². The van der Waals surface area contributed by atoms with Crippen molar-refractivity contribution in [1.29, 1.82) is 0 Å². The van der Waals surface area contributed by atoms with Crippen LogP contribution in [-0.2, 0) is 9.53 Å². The van der Waals surface area contributed by atoms with Crippen molar-refractivity contribution in [2.24, 2.45) is 0 Å². The van der Waals surface area contributed by atoms with Gasteiger partial charge in [-0.2, -0.15) is 0 Å². The fourth-order valence-electron chi connectivity index (χ4n) is 2.85. The fraction of sp³-hybridized carbons (Fsp3) is 0.579. The van der Waals surface area contributed by atoms with Gasteiger partial charge in [0.25, 0.3) is 5.91 Å². The van der Waals surface area contributed by atoms with Crippen molar-refractivity contribution in [2.75, 3.05) is 6.61 Å². The fourth-order valence-corrected chi connectivity index (χ4v) is 2.85. The minimum absolute atomic E-state index is 0.0792. The Balaban J connectivity index is 1.76. The maximum Gasteiger partial charge on any atom is 0.338 e. The summed E-state index contributed by atoms with van der Waals surface area (Å²) in [5.41, 5.74) is 0.411. The molecule has 0 saturated heterocycles. The zero-order valence-corrected chi connectivity index (χ0v) is 14.5. The van der Waals surface area contributed by atoms with Crippen LogP contribution in [0.3, 0.4) is 0 Å². The second kappa shape index (κ2) is 9.30. The van der Waals surface area contributed by atoms with E-state index < -0.39 is 5.97 Å². The molecule has 0 bridgehead atoms. The first-order valence-corrected chi connectivity index (χ1v) is 8.78. The van der Waals surface area contributed by atoms with Gasteiger partial charge in [-0.3, -0.25) is 4.79 Å². The smallest absolute Gasteiger partial charge is 0.338 e. The summed E-state index contributed by atoms with van der Waals surface area (Å²) in [5, 5.41) is 2.96. The van der Waals surface area contributed by atoms with Crippen molar-refractivity contribution < 1.29 is 19.1 Å². The molecule has 0 aliphatic heterocycles. The van der Waals surface area contributed by atoms with Gasteiger partial charge in [0.1, 0.15) is 5.75 Å². The van der Waals surface area contributed by atoms with Gasteiger partial charge in [-0.15, -0.1) is 0 Å². The highest BCUT2D eigenvalue weighted by Crippen LogP contribution is 2.17. The van der Waals surface area contributed by atoms with E-state index in [4.69, 9.17) is 9.47 Å². The van der Waals surface area contributed by atoms with E-state index in [2.05, 4.69) is 5.32 Å². The Kier molecular flexibility index (Phi) is 7.09. The SMILES string of the molecule is CC(C)Oc1ccc(C(=O)OCC(=O)NC2CCCCCC2)cc1. The van der Waals surface area contributed by atoms with Gasteiger partial charge in [0, 0.05) is 6.04 Å². The van der Waals surface area contributed by atoms with Crippen molar-refractivity contribution in [3.63, 3.8) is 0 Å². The van der Waals surface area contributed by atoms with Crippen LogP contribution >= 0.6 is 0 Å². The summed E-state index contributed by atoms with van der Waals surface area (Å²) in [6.07, 6.45) is 6.87. The van der Waals surface area contributed by atoms with Gasteiger partial charge in [-0.05, 0) is 51.0 Å². The molecule has 1 aliphatic rings. The normalized spacial score (nSPS) is 15.6. The third kappa shape index (κ3) is 6.22. The molecule has 24 heavy (non-hydrogen) atoms. The van der Waals surface area contributed by atoms with Crippen LogP contribution in [0.25, 0.3) is 0 Å². The van der Waals surface area contributed by atoms with Gasteiger partial charge in [-0.1, -0.05) is 25.7 Å². The van der Waals surface area contributed by atoms with Crippen LogP contribution in [0.5, 0.6) is 5.75 Å². The second-order valence-corrected chi connectivity index (χ2v) is 6.52. The number of nitrogens with one attached hydrogen (secondary N) is 1. The van der Waals surface area contributed by atoms with Gasteiger partial charge in [0.2, 0.25) is 0 Å². The Hall–Kier alpha value is -2.04. The maximum absolute atomic E-state index is 12.0. The molecule has 132 valence electrons. The van der Waals surface area contributed by atoms with E-state index in [0.29, 0.717) is 11.3 Å². The first-order valence-electron chi connectivity index (χ1n) is 8.78. The minimum Gasteiger partial charge on any atom is -0.491 e. The Morgan fingerprint density at radius 2 is 1.71 bits per heavy atom. The number of amides is 1. The molecule has 2 rings (SSSR count). The summed E-state index contributed by atoms with van der Waals surface area (Å²) in [5.74, 6) is -0.0234. The third-order valence-corrected chi connectivity index (χ3v) is 4.02. The van der Waals surface area contributed by atoms with E-state index >= 15 is 0 Å². The number of carbonyl (C=O) groups is 2. The van der Waals surface area contributed by atoms with Crippen LogP contribution in [0.4, 0.5) is 0 Å². The molecule has 5 nitrogen and oxygen atoms in total. The molecule has 1 aliphatic carbocycles. The predicted molar refractivity (Wildman–Crippen MR) is 92.1 cm³/mol. The third-order valence-electron chi connectivity index (χ3n) is 4.02. The van der Waals surface area contributed by atoms with Crippen molar-refractivity contribution in [2.45, 2.75) is 64.5 Å². The van der Waals surface area contributed by atoms with Crippen molar-refractivity contribution in [3.8, 4) is 5.75 Å². The summed E-state index contributed by atoms with van der Waals surface area (Å²) in [6, 6.07) is 6.95. The minimum atomic E-state index is -0.498. The van der Waals surface area contributed by atoms with Crippen LogP contribution in [0.15, 0.2) is 24.3 Å². The van der Waals surface area contributed by atoms with E-state index in [-0.39, 0.29) is 24.7 Å². The Morgan fingerprint density at radius 3 is 2.29 bits per heavy atom. The quantitative estimate of drug-likeness (QED) is 0.639. The zero-order valence-electron chi connectivity index (χ0n) is 14.5. The number of rotatable bonds is 6. The van der Waals surface area contributed by atoms with E-state index in [9.17, 15) is 9.59 Å². The van der Waals surface area contributed by atoms with E-state index in [1.807, 2.05) is 13.8 Å². The Labute approximate surface area is 143 Å². The lowest BCUT2D eigenvalue weighted by atomic mass is 10.1. The second-order valence-electron chi connectivity index (χ2n) is 6.52. The number of carbonyl (C=O) groups excluding carboxylic acids is 2. The summed E-state index contributed by atoms with van der Waals surface area (Å²) in [7, 11) is 0. The number of hydrogen-bond donors (Lipinski definition) is 1. The number of benzene rings is 1. The summed E-state index contributed by atoms with van der Waals surface area (Å²) >= 11 is 0. The van der Waals surface area contributed by atoms with Crippen LogP contribution < -0.4 is 10.1 Å². The van der Waals surface area contributed by atoms with E-state index in [1.54, 1.807) is 24.3 Å². The highest BCUT2D eigenvalue weighted by molar-refractivity contribution is 5.91. The number of ether oxygens (including phenoxy) is 2. The molecule has 5 heteroatoms. The van der Waals surface area contributed by atoms with Crippen LogP contribution in [0.2, 0.25) is 0 Å². The highest BCUT2D eigenvalue weighted by atomic mass is 16.5. The van der Waals surface area contributed by atoms with Gasteiger partial charge >= 0.3 is 5.97 Å². The lowest BCUT2D eigenvalue weighted by Gasteiger charge is -2.16. The van der Waals surface area contributed by atoms with Gasteiger partial charge < -0.3 is 14.8 Å². The largest absolute Gasteiger partial charge is 0.491 e. The maximum atomic E-state index is 12.0. The van der Waals surface area contributed by atoms with Gasteiger partial charge in [0.15, 0.2) is 6.61 Å².